The average molecular weight is 614 g/mol. The van der Waals surface area contributed by atoms with Gasteiger partial charge in [-0.25, -0.2) is 8.42 Å². The molecule has 1 atom stereocenters. The molecule has 3 aromatic rings. The second kappa shape index (κ2) is 14.1. The zero-order valence-corrected chi connectivity index (χ0v) is 26.6. The first kappa shape index (κ1) is 32.9. The zero-order valence-electron chi connectivity index (χ0n) is 25.1. The lowest BCUT2D eigenvalue weighted by Gasteiger charge is -2.34. The first-order chi connectivity index (χ1) is 19.7. The van der Waals surface area contributed by atoms with Gasteiger partial charge >= 0.3 is 0 Å². The number of hydrogen-bond donors (Lipinski definition) is 1. The van der Waals surface area contributed by atoms with Crippen molar-refractivity contribution in [3.05, 3.63) is 88.9 Å². The number of benzene rings is 3. The molecule has 0 aliphatic carbocycles. The van der Waals surface area contributed by atoms with E-state index in [0.717, 1.165) is 15.4 Å². The molecule has 0 spiro atoms. The largest absolute Gasteiger partial charge is 0.494 e. The Labute approximate surface area is 254 Å². The lowest BCUT2D eigenvalue weighted by molar-refractivity contribution is -0.141. The van der Waals surface area contributed by atoms with Crippen molar-refractivity contribution in [1.29, 1.82) is 0 Å². The maximum Gasteiger partial charge on any atom is 0.264 e. The molecule has 10 heteroatoms. The van der Waals surface area contributed by atoms with Gasteiger partial charge in [-0.15, -0.1) is 0 Å². The van der Waals surface area contributed by atoms with Crippen LogP contribution in [0.4, 0.5) is 5.69 Å². The molecule has 8 nitrogen and oxygen atoms in total. The van der Waals surface area contributed by atoms with Gasteiger partial charge in [0, 0.05) is 17.1 Å². The van der Waals surface area contributed by atoms with Crippen LogP contribution in [0.25, 0.3) is 0 Å². The summed E-state index contributed by atoms with van der Waals surface area (Å²) in [6.07, 6.45) is 0.340. The molecular formula is C32H40ClN3O5S. The van der Waals surface area contributed by atoms with Crippen molar-refractivity contribution in [2.75, 3.05) is 17.5 Å². The van der Waals surface area contributed by atoms with E-state index in [1.807, 2.05) is 65.8 Å². The van der Waals surface area contributed by atoms with Gasteiger partial charge in [-0.3, -0.25) is 13.9 Å². The molecule has 0 fully saturated rings. The number of ether oxygens (including phenoxy) is 1. The highest BCUT2D eigenvalue weighted by molar-refractivity contribution is 7.92. The maximum absolute atomic E-state index is 14.2. The predicted octanol–water partition coefficient (Wildman–Crippen LogP) is 5.96. The molecule has 42 heavy (non-hydrogen) atoms. The van der Waals surface area contributed by atoms with Crippen LogP contribution in [0.3, 0.4) is 0 Å². The minimum Gasteiger partial charge on any atom is -0.494 e. The third-order valence-electron chi connectivity index (χ3n) is 6.47. The predicted molar refractivity (Wildman–Crippen MR) is 167 cm³/mol. The Hall–Kier alpha value is -3.56. The molecule has 0 saturated carbocycles. The van der Waals surface area contributed by atoms with Crippen LogP contribution in [0.15, 0.2) is 77.7 Å². The zero-order chi connectivity index (χ0) is 31.1. The molecule has 0 saturated heterocycles. The first-order valence-electron chi connectivity index (χ1n) is 13.9. The van der Waals surface area contributed by atoms with Gasteiger partial charge in [0.2, 0.25) is 11.8 Å². The fourth-order valence-corrected chi connectivity index (χ4v) is 5.94. The Morgan fingerprint density at radius 2 is 1.52 bits per heavy atom. The lowest BCUT2D eigenvalue weighted by Crippen LogP contribution is -2.55. The minimum atomic E-state index is -4.20. The van der Waals surface area contributed by atoms with E-state index in [0.29, 0.717) is 23.8 Å². The number of sulfonamides is 1. The third-order valence-corrected chi connectivity index (χ3v) is 8.51. The van der Waals surface area contributed by atoms with Crippen molar-refractivity contribution in [1.82, 2.24) is 10.2 Å². The quantitative estimate of drug-likeness (QED) is 0.272. The number of anilines is 1. The summed E-state index contributed by atoms with van der Waals surface area (Å²) in [5.74, 6) is -0.251. The van der Waals surface area contributed by atoms with E-state index < -0.39 is 34.1 Å². The van der Waals surface area contributed by atoms with E-state index in [-0.39, 0.29) is 23.0 Å². The highest BCUT2D eigenvalue weighted by Crippen LogP contribution is 2.27. The summed E-state index contributed by atoms with van der Waals surface area (Å²) in [7, 11) is -4.20. The van der Waals surface area contributed by atoms with Crippen LogP contribution in [-0.4, -0.2) is 49.9 Å². The molecular weight excluding hydrogens is 574 g/mol. The Bertz CT molecular complexity index is 1450. The van der Waals surface area contributed by atoms with Gasteiger partial charge in [0.25, 0.3) is 10.0 Å². The topological polar surface area (TPSA) is 96.0 Å². The number of halogens is 1. The SMILES string of the molecule is CCOc1ccc(N(CC(=O)N(Cc2ccc(C)cc2)C(CC)C(=O)NC(C)(C)C)S(=O)(=O)c2ccc(Cl)cc2)cc1. The fraction of sp³-hybridized carbons (Fsp3) is 0.375. The highest BCUT2D eigenvalue weighted by Gasteiger charge is 2.34. The highest BCUT2D eigenvalue weighted by atomic mass is 35.5. The van der Waals surface area contributed by atoms with Crippen LogP contribution in [0, 0.1) is 6.92 Å². The summed E-state index contributed by atoms with van der Waals surface area (Å²) in [6, 6.07) is 19.1. The summed E-state index contributed by atoms with van der Waals surface area (Å²) in [5, 5.41) is 3.36. The van der Waals surface area contributed by atoms with Crippen LogP contribution in [0.5, 0.6) is 5.75 Å². The van der Waals surface area contributed by atoms with Crippen molar-refractivity contribution in [3.8, 4) is 5.75 Å². The first-order valence-corrected chi connectivity index (χ1v) is 15.7. The molecule has 0 aliphatic heterocycles. The summed E-state index contributed by atoms with van der Waals surface area (Å²) in [4.78, 5) is 29.0. The lowest BCUT2D eigenvalue weighted by atomic mass is 10.1. The third kappa shape index (κ3) is 8.72. The van der Waals surface area contributed by atoms with Gasteiger partial charge in [0.05, 0.1) is 17.2 Å². The second-order valence-corrected chi connectivity index (χ2v) is 13.4. The molecule has 1 unspecified atom stereocenters. The van der Waals surface area contributed by atoms with Gasteiger partial charge < -0.3 is 15.0 Å². The van der Waals surface area contributed by atoms with Gasteiger partial charge in [-0.05, 0) is 95.1 Å². The molecule has 0 aliphatic rings. The molecule has 0 bridgehead atoms. The van der Waals surface area contributed by atoms with Crippen LogP contribution >= 0.6 is 11.6 Å². The number of nitrogens with one attached hydrogen (secondary N) is 1. The minimum absolute atomic E-state index is 0.0174. The molecule has 0 aromatic heterocycles. The summed E-state index contributed by atoms with van der Waals surface area (Å²) < 4.78 is 34.5. The van der Waals surface area contributed by atoms with Crippen LogP contribution < -0.4 is 14.4 Å². The molecule has 1 N–H and O–H groups in total. The number of carbonyl (C=O) groups is 2. The summed E-state index contributed by atoms with van der Waals surface area (Å²) >= 11 is 6.02. The number of amides is 2. The fourth-order valence-electron chi connectivity index (χ4n) is 4.40. The standard InChI is InChI=1S/C32H40ClN3O5S/c1-7-29(31(38)34-32(4,5)6)35(21-24-11-9-23(3)10-12-24)30(37)22-36(26-15-17-27(18-16-26)41-8-2)42(39,40)28-19-13-25(33)14-20-28/h9-20,29H,7-8,21-22H2,1-6H3,(H,34,38). The Balaban J connectivity index is 2.07. The molecule has 226 valence electrons. The van der Waals surface area contributed by atoms with E-state index in [2.05, 4.69) is 5.32 Å². The molecule has 0 radical (unpaired) electrons. The second-order valence-electron chi connectivity index (χ2n) is 11.1. The Morgan fingerprint density at radius 3 is 2.05 bits per heavy atom. The average Bonchev–Trinajstić information content (AvgIpc) is 2.92. The Kier molecular flexibility index (Phi) is 11.0. The monoisotopic (exact) mass is 613 g/mol. The van der Waals surface area contributed by atoms with Gasteiger partial charge in [0.1, 0.15) is 18.3 Å². The molecule has 0 heterocycles. The van der Waals surface area contributed by atoms with Crippen LogP contribution in [0.1, 0.15) is 52.2 Å². The van der Waals surface area contributed by atoms with E-state index in [9.17, 15) is 18.0 Å². The van der Waals surface area contributed by atoms with Crippen LogP contribution in [0.2, 0.25) is 5.02 Å². The smallest absolute Gasteiger partial charge is 0.264 e. The summed E-state index contributed by atoms with van der Waals surface area (Å²) in [6.45, 7) is 11.3. The van der Waals surface area contributed by atoms with E-state index in [4.69, 9.17) is 16.3 Å². The molecule has 3 rings (SSSR count). The van der Waals surface area contributed by atoms with Gasteiger partial charge in [0.15, 0.2) is 0 Å². The normalized spacial score (nSPS) is 12.4. The van der Waals surface area contributed by atoms with Crippen molar-refractivity contribution in [3.63, 3.8) is 0 Å². The number of nitrogens with zero attached hydrogens (tertiary/aromatic N) is 2. The van der Waals surface area contributed by atoms with Crippen molar-refractivity contribution >= 4 is 39.1 Å². The number of rotatable bonds is 12. The van der Waals surface area contributed by atoms with Crippen LogP contribution in [-0.2, 0) is 26.2 Å². The number of hydrogen-bond acceptors (Lipinski definition) is 5. The summed E-state index contributed by atoms with van der Waals surface area (Å²) in [5.41, 5.74) is 1.65. The molecule has 2 amide bonds. The number of aryl methyl sites for hydroxylation is 1. The van der Waals surface area contributed by atoms with Gasteiger partial charge in [-0.2, -0.15) is 0 Å². The van der Waals surface area contributed by atoms with Crippen molar-refractivity contribution in [2.24, 2.45) is 0 Å². The van der Waals surface area contributed by atoms with E-state index >= 15 is 0 Å². The molecule has 3 aromatic carbocycles. The van der Waals surface area contributed by atoms with Crippen molar-refractivity contribution < 1.29 is 22.7 Å². The van der Waals surface area contributed by atoms with E-state index in [1.54, 1.807) is 24.3 Å². The van der Waals surface area contributed by atoms with Crippen molar-refractivity contribution in [2.45, 2.75) is 71.0 Å². The van der Waals surface area contributed by atoms with E-state index in [1.165, 1.54) is 29.2 Å². The van der Waals surface area contributed by atoms with Gasteiger partial charge in [-0.1, -0.05) is 48.4 Å². The Morgan fingerprint density at radius 1 is 0.929 bits per heavy atom. The number of carbonyl (C=O) groups excluding carboxylic acids is 2. The maximum atomic E-state index is 14.2.